The third-order valence-electron chi connectivity index (χ3n) is 7.71. The van der Waals surface area contributed by atoms with Crippen molar-refractivity contribution in [2.75, 3.05) is 51.1 Å². The van der Waals surface area contributed by atoms with E-state index in [1.54, 1.807) is 0 Å². The highest BCUT2D eigenvalue weighted by Crippen LogP contribution is 2.35. The number of fused-ring (bicyclic) bond motifs is 1. The average Bonchev–Trinajstić information content (AvgIpc) is 2.80. The molecule has 170 valence electrons. The summed E-state index contributed by atoms with van der Waals surface area (Å²) in [6, 6.07) is 8.55. The number of nitrogens with one attached hydrogen (secondary N) is 3. The zero-order valence-electron chi connectivity index (χ0n) is 19.1. The van der Waals surface area contributed by atoms with Crippen LogP contribution in [-0.4, -0.2) is 68.6 Å². The molecule has 6 nitrogen and oxygen atoms in total. The lowest BCUT2D eigenvalue weighted by atomic mass is 9.78. The van der Waals surface area contributed by atoms with Gasteiger partial charge in [0.05, 0.1) is 0 Å². The van der Waals surface area contributed by atoms with Crippen molar-refractivity contribution in [3.63, 3.8) is 0 Å². The van der Waals surface area contributed by atoms with E-state index in [0.29, 0.717) is 25.0 Å². The van der Waals surface area contributed by atoms with Gasteiger partial charge in [0.2, 0.25) is 0 Å². The van der Waals surface area contributed by atoms with Gasteiger partial charge in [0, 0.05) is 18.3 Å². The van der Waals surface area contributed by atoms with Gasteiger partial charge in [-0.3, -0.25) is 9.59 Å². The van der Waals surface area contributed by atoms with Crippen LogP contribution in [-0.2, 0) is 16.0 Å². The van der Waals surface area contributed by atoms with E-state index in [2.05, 4.69) is 23.2 Å². The third kappa shape index (κ3) is 5.66. The number of rotatable bonds is 6. The molecule has 0 spiro atoms. The summed E-state index contributed by atoms with van der Waals surface area (Å²) in [5.74, 6) is 1.20. The first-order valence-electron chi connectivity index (χ1n) is 12.5. The maximum atomic E-state index is 13.1. The molecule has 2 atom stereocenters. The molecule has 0 aromatic heterocycles. The standard InChI is InChI=1S/C25H38N4O2/c1-2-20-8-3-5-11-22(20)26-24(30)18-27-14-16-28(17-15-27)19-25(31)29-13-7-10-21-9-4-6-12-23(21)29/h3,5,8,11,21,23H,2,4,6-7,9-10,12-19H2,1H3,(H,26,30)/p+2/t21-,23-/m0/s1. The molecule has 1 aliphatic carbocycles. The molecule has 0 unspecified atom stereocenters. The number of para-hydroxylation sites is 1. The van der Waals surface area contributed by atoms with E-state index >= 15 is 0 Å². The zero-order chi connectivity index (χ0) is 21.6. The highest BCUT2D eigenvalue weighted by molar-refractivity contribution is 5.92. The second-order valence-corrected chi connectivity index (χ2v) is 9.75. The molecule has 4 rings (SSSR count). The molecule has 0 radical (unpaired) electrons. The fourth-order valence-corrected chi connectivity index (χ4v) is 5.93. The summed E-state index contributed by atoms with van der Waals surface area (Å²) in [5.41, 5.74) is 2.11. The van der Waals surface area contributed by atoms with Gasteiger partial charge in [-0.25, -0.2) is 0 Å². The Labute approximate surface area is 187 Å². The third-order valence-corrected chi connectivity index (χ3v) is 7.71. The summed E-state index contributed by atoms with van der Waals surface area (Å²) < 4.78 is 0. The Morgan fingerprint density at radius 3 is 2.42 bits per heavy atom. The Bertz CT molecular complexity index is 758. The molecule has 31 heavy (non-hydrogen) atoms. The summed E-state index contributed by atoms with van der Waals surface area (Å²) in [6.07, 6.45) is 8.55. The van der Waals surface area contributed by atoms with Crippen LogP contribution in [0.15, 0.2) is 24.3 Å². The lowest BCUT2D eigenvalue weighted by molar-refractivity contribution is -1.00. The van der Waals surface area contributed by atoms with Crippen molar-refractivity contribution in [3.05, 3.63) is 29.8 Å². The van der Waals surface area contributed by atoms with E-state index in [1.165, 1.54) is 53.9 Å². The minimum absolute atomic E-state index is 0.0899. The molecule has 3 fully saturated rings. The van der Waals surface area contributed by atoms with Gasteiger partial charge >= 0.3 is 0 Å². The number of hydrogen-bond acceptors (Lipinski definition) is 2. The van der Waals surface area contributed by atoms with Gasteiger partial charge in [-0.2, -0.15) is 0 Å². The van der Waals surface area contributed by atoms with Gasteiger partial charge < -0.3 is 20.0 Å². The normalized spacial score (nSPS) is 28.6. The van der Waals surface area contributed by atoms with E-state index in [1.807, 2.05) is 18.2 Å². The minimum atomic E-state index is 0.0899. The summed E-state index contributed by atoms with van der Waals surface area (Å²) in [4.78, 5) is 30.6. The van der Waals surface area contributed by atoms with Crippen LogP contribution in [0, 0.1) is 5.92 Å². The molecule has 1 saturated carbocycles. The molecule has 1 aromatic rings. The molecular weight excluding hydrogens is 388 g/mol. The fraction of sp³-hybridized carbons (Fsp3) is 0.680. The van der Waals surface area contributed by atoms with Gasteiger partial charge in [-0.15, -0.1) is 0 Å². The summed E-state index contributed by atoms with van der Waals surface area (Å²) in [6.45, 7) is 8.07. The predicted octanol–water partition coefficient (Wildman–Crippen LogP) is 0.152. The number of carbonyl (C=O) groups is 2. The molecular formula is C25H40N4O2+2. The number of hydrogen-bond donors (Lipinski definition) is 3. The first-order valence-corrected chi connectivity index (χ1v) is 12.5. The number of anilines is 1. The Kier molecular flexibility index (Phi) is 7.62. The van der Waals surface area contributed by atoms with Crippen LogP contribution in [0.3, 0.4) is 0 Å². The molecule has 2 heterocycles. The summed E-state index contributed by atoms with van der Waals surface area (Å²) >= 11 is 0. The van der Waals surface area contributed by atoms with Gasteiger partial charge in [-0.1, -0.05) is 38.0 Å². The minimum Gasteiger partial charge on any atom is -0.335 e. The maximum absolute atomic E-state index is 13.1. The summed E-state index contributed by atoms with van der Waals surface area (Å²) in [5, 5.41) is 3.09. The first-order chi connectivity index (χ1) is 15.1. The van der Waals surface area contributed by atoms with E-state index in [4.69, 9.17) is 0 Å². The van der Waals surface area contributed by atoms with Gasteiger partial charge in [0.1, 0.15) is 26.2 Å². The van der Waals surface area contributed by atoms with Crippen molar-refractivity contribution in [1.82, 2.24) is 4.90 Å². The Morgan fingerprint density at radius 1 is 0.968 bits per heavy atom. The number of likely N-dealkylation sites (tertiary alicyclic amines) is 1. The average molecular weight is 429 g/mol. The van der Waals surface area contributed by atoms with Gasteiger partial charge in [0.15, 0.2) is 13.1 Å². The molecule has 2 saturated heterocycles. The van der Waals surface area contributed by atoms with Gasteiger partial charge in [0.25, 0.3) is 11.8 Å². The van der Waals surface area contributed by atoms with E-state index in [9.17, 15) is 9.59 Å². The smallest absolute Gasteiger partial charge is 0.279 e. The van der Waals surface area contributed by atoms with Crippen molar-refractivity contribution in [1.29, 1.82) is 0 Å². The lowest BCUT2D eigenvalue weighted by Gasteiger charge is -2.44. The van der Waals surface area contributed by atoms with Crippen molar-refractivity contribution in [3.8, 4) is 0 Å². The van der Waals surface area contributed by atoms with Crippen LogP contribution in [0.4, 0.5) is 5.69 Å². The first kappa shape index (κ1) is 22.3. The number of piperazine rings is 1. The number of piperidine rings is 1. The second kappa shape index (κ2) is 10.6. The Morgan fingerprint density at radius 2 is 1.65 bits per heavy atom. The highest BCUT2D eigenvalue weighted by Gasteiger charge is 2.37. The van der Waals surface area contributed by atoms with Crippen LogP contribution in [0.2, 0.25) is 0 Å². The second-order valence-electron chi connectivity index (χ2n) is 9.75. The Balaban J connectivity index is 1.21. The van der Waals surface area contributed by atoms with Crippen molar-refractivity contribution >= 4 is 17.5 Å². The number of carbonyl (C=O) groups excluding carboxylic acids is 2. The fourth-order valence-electron chi connectivity index (χ4n) is 5.93. The molecule has 3 N–H and O–H groups in total. The zero-order valence-corrected chi connectivity index (χ0v) is 19.1. The number of amides is 2. The van der Waals surface area contributed by atoms with Crippen LogP contribution >= 0.6 is 0 Å². The molecule has 2 amide bonds. The predicted molar refractivity (Wildman–Crippen MR) is 122 cm³/mol. The summed E-state index contributed by atoms with van der Waals surface area (Å²) in [7, 11) is 0. The van der Waals surface area contributed by atoms with Crippen LogP contribution in [0.25, 0.3) is 0 Å². The van der Waals surface area contributed by atoms with Crippen molar-refractivity contribution < 1.29 is 19.4 Å². The van der Waals surface area contributed by atoms with E-state index < -0.39 is 0 Å². The van der Waals surface area contributed by atoms with Crippen LogP contribution in [0.1, 0.15) is 51.0 Å². The molecule has 6 heteroatoms. The van der Waals surface area contributed by atoms with E-state index in [-0.39, 0.29) is 5.91 Å². The SMILES string of the molecule is CCc1ccccc1NC(=O)C[NH+]1CC[NH+](CC(=O)N2CCC[C@@H]3CCCC[C@@H]32)CC1. The monoisotopic (exact) mass is 428 g/mol. The Hall–Kier alpha value is -1.92. The van der Waals surface area contributed by atoms with Crippen LogP contribution < -0.4 is 15.1 Å². The lowest BCUT2D eigenvalue weighted by Crippen LogP contribution is -3.28. The molecule has 3 aliphatic rings. The van der Waals surface area contributed by atoms with Crippen molar-refractivity contribution in [2.24, 2.45) is 5.92 Å². The van der Waals surface area contributed by atoms with Crippen LogP contribution in [0.5, 0.6) is 0 Å². The number of nitrogens with zero attached hydrogens (tertiary/aromatic N) is 1. The largest absolute Gasteiger partial charge is 0.335 e. The number of quaternary nitrogens is 2. The topological polar surface area (TPSA) is 58.3 Å². The quantitative estimate of drug-likeness (QED) is 0.604. The highest BCUT2D eigenvalue weighted by atomic mass is 16.2. The molecule has 2 aliphatic heterocycles. The van der Waals surface area contributed by atoms with E-state index in [0.717, 1.165) is 50.7 Å². The molecule has 1 aromatic carbocycles. The van der Waals surface area contributed by atoms with Crippen molar-refractivity contribution in [2.45, 2.75) is 57.9 Å². The number of aryl methyl sites for hydroxylation is 1. The maximum Gasteiger partial charge on any atom is 0.279 e. The van der Waals surface area contributed by atoms with Gasteiger partial charge in [-0.05, 0) is 49.7 Å². The number of benzene rings is 1. The molecule has 0 bridgehead atoms.